The molecule has 0 bridgehead atoms. The molecular weight excluding hydrogens is 364 g/mol. The van der Waals surface area contributed by atoms with Crippen LogP contribution >= 0.6 is 0 Å². The van der Waals surface area contributed by atoms with Gasteiger partial charge in [0, 0.05) is 29.7 Å². The van der Waals surface area contributed by atoms with E-state index in [1.807, 2.05) is 13.8 Å². The number of aryl methyl sites for hydroxylation is 1. The molecule has 1 saturated carbocycles. The highest BCUT2D eigenvalue weighted by Gasteiger charge is 2.67. The van der Waals surface area contributed by atoms with Crippen molar-refractivity contribution in [3.05, 3.63) is 27.8 Å². The normalized spacial score (nSPS) is 41.6. The first-order valence-electron chi connectivity index (χ1n) is 9.79. The van der Waals surface area contributed by atoms with Crippen molar-refractivity contribution in [2.45, 2.75) is 77.3 Å². The fourth-order valence-corrected chi connectivity index (χ4v) is 6.28. The zero-order valence-electron chi connectivity index (χ0n) is 16.9. The molecular formula is C21H28O7. The van der Waals surface area contributed by atoms with Crippen LogP contribution in [0.25, 0.3) is 0 Å². The number of rotatable bonds is 0. The van der Waals surface area contributed by atoms with Gasteiger partial charge in [0.25, 0.3) is 0 Å². The Morgan fingerprint density at radius 3 is 2.43 bits per heavy atom. The summed E-state index contributed by atoms with van der Waals surface area (Å²) in [6.45, 7) is 9.01. The van der Waals surface area contributed by atoms with Crippen LogP contribution in [0.3, 0.4) is 0 Å². The van der Waals surface area contributed by atoms with Crippen LogP contribution in [0.5, 0.6) is 5.75 Å². The van der Waals surface area contributed by atoms with Gasteiger partial charge in [-0.15, -0.1) is 0 Å². The molecule has 1 aliphatic carbocycles. The van der Waals surface area contributed by atoms with Crippen molar-refractivity contribution in [3.63, 3.8) is 0 Å². The Hall–Kier alpha value is -1.86. The standard InChI is InChI=1S/C21H28O7/c1-10-6-13-11(18(25)26-10)7-14-20(4,27-13)9-12(22)17-19(2,3)28-16(24)8-15(23)21(14,17)5/h6,12,14-15,17,22-23H,7-9H2,1-5H3/t12-,14+,15+,17+,20-,21+/m1/s1. The summed E-state index contributed by atoms with van der Waals surface area (Å²) < 4.78 is 17.2. The summed E-state index contributed by atoms with van der Waals surface area (Å²) in [6, 6.07) is 1.69. The van der Waals surface area contributed by atoms with E-state index in [0.717, 1.165) is 0 Å². The number of aliphatic hydroxyl groups is 2. The molecule has 4 rings (SSSR count). The summed E-state index contributed by atoms with van der Waals surface area (Å²) in [5, 5.41) is 22.2. The molecule has 1 aromatic heterocycles. The van der Waals surface area contributed by atoms with E-state index in [4.69, 9.17) is 13.9 Å². The number of carbonyl (C=O) groups excluding carboxylic acids is 1. The number of carbonyl (C=O) groups is 1. The van der Waals surface area contributed by atoms with E-state index in [0.29, 0.717) is 29.9 Å². The predicted octanol–water partition coefficient (Wildman–Crippen LogP) is 1.73. The highest BCUT2D eigenvalue weighted by Crippen LogP contribution is 2.61. The van der Waals surface area contributed by atoms with Crippen molar-refractivity contribution in [2.24, 2.45) is 17.3 Å². The SMILES string of the molecule is Cc1cc2c(c(=O)o1)C[C@@H]1[C@@]3(C)[C@@H](O)CC(=O)OC(C)(C)[C@@H]3[C@H](O)C[C@@]1(C)O2. The van der Waals surface area contributed by atoms with Gasteiger partial charge < -0.3 is 24.1 Å². The van der Waals surface area contributed by atoms with Crippen molar-refractivity contribution in [3.8, 4) is 5.75 Å². The van der Waals surface area contributed by atoms with Crippen molar-refractivity contribution in [1.82, 2.24) is 0 Å². The fourth-order valence-electron chi connectivity index (χ4n) is 6.28. The van der Waals surface area contributed by atoms with Crippen LogP contribution in [-0.4, -0.2) is 39.6 Å². The topological polar surface area (TPSA) is 106 Å². The van der Waals surface area contributed by atoms with Crippen molar-refractivity contribution in [1.29, 1.82) is 0 Å². The van der Waals surface area contributed by atoms with Gasteiger partial charge in [-0.05, 0) is 34.1 Å². The summed E-state index contributed by atoms with van der Waals surface area (Å²) in [7, 11) is 0. The monoisotopic (exact) mass is 392 g/mol. The van der Waals surface area contributed by atoms with Crippen LogP contribution in [0.4, 0.5) is 0 Å². The largest absolute Gasteiger partial charge is 0.486 e. The second-order valence-electron chi connectivity index (χ2n) is 9.57. The molecule has 3 aliphatic rings. The number of hydrogen-bond donors (Lipinski definition) is 2. The molecule has 0 radical (unpaired) electrons. The predicted molar refractivity (Wildman–Crippen MR) is 99.0 cm³/mol. The van der Waals surface area contributed by atoms with E-state index in [2.05, 4.69) is 0 Å². The lowest BCUT2D eigenvalue weighted by Gasteiger charge is -2.61. The van der Waals surface area contributed by atoms with Gasteiger partial charge in [0.15, 0.2) is 0 Å². The molecule has 7 heteroatoms. The Morgan fingerprint density at radius 2 is 1.75 bits per heavy atom. The van der Waals surface area contributed by atoms with Crippen molar-refractivity contribution in [2.75, 3.05) is 0 Å². The minimum Gasteiger partial charge on any atom is -0.486 e. The number of fused-ring (bicyclic) bond motifs is 4. The van der Waals surface area contributed by atoms with E-state index in [1.165, 1.54) is 0 Å². The van der Waals surface area contributed by atoms with Gasteiger partial charge in [0.05, 0.1) is 24.2 Å². The smallest absolute Gasteiger partial charge is 0.342 e. The number of esters is 1. The molecule has 28 heavy (non-hydrogen) atoms. The van der Waals surface area contributed by atoms with Crippen LogP contribution in [0.15, 0.2) is 15.3 Å². The first-order chi connectivity index (χ1) is 12.9. The molecule has 7 nitrogen and oxygen atoms in total. The molecule has 3 heterocycles. The minimum atomic E-state index is -1.03. The highest BCUT2D eigenvalue weighted by atomic mass is 16.6. The van der Waals surface area contributed by atoms with E-state index < -0.39 is 46.3 Å². The molecule has 1 aromatic rings. The fraction of sp³-hybridized carbons (Fsp3) is 0.714. The van der Waals surface area contributed by atoms with E-state index >= 15 is 0 Å². The van der Waals surface area contributed by atoms with Gasteiger partial charge in [-0.25, -0.2) is 4.79 Å². The average Bonchev–Trinajstić information content (AvgIpc) is 2.57. The Kier molecular flexibility index (Phi) is 4.05. The van der Waals surface area contributed by atoms with E-state index in [-0.39, 0.29) is 12.3 Å². The summed E-state index contributed by atoms with van der Waals surface area (Å²) in [4.78, 5) is 24.8. The zero-order valence-corrected chi connectivity index (χ0v) is 16.9. The molecule has 0 amide bonds. The van der Waals surface area contributed by atoms with Gasteiger partial charge in [-0.3, -0.25) is 4.79 Å². The van der Waals surface area contributed by atoms with E-state index in [9.17, 15) is 19.8 Å². The Balaban J connectivity index is 1.90. The quantitative estimate of drug-likeness (QED) is 0.648. The van der Waals surface area contributed by atoms with Crippen LogP contribution in [0.1, 0.15) is 51.9 Å². The Bertz CT molecular complexity index is 887. The van der Waals surface area contributed by atoms with Gasteiger partial charge in [0.1, 0.15) is 22.7 Å². The van der Waals surface area contributed by atoms with Crippen LogP contribution in [0, 0.1) is 24.2 Å². The maximum absolute atomic E-state index is 12.5. The molecule has 0 unspecified atom stereocenters. The highest BCUT2D eigenvalue weighted by molar-refractivity contribution is 5.71. The first kappa shape index (κ1) is 19.5. The molecule has 154 valence electrons. The van der Waals surface area contributed by atoms with Gasteiger partial charge in [-0.1, -0.05) is 6.92 Å². The van der Waals surface area contributed by atoms with Gasteiger partial charge in [-0.2, -0.15) is 0 Å². The Morgan fingerprint density at radius 1 is 1.07 bits per heavy atom. The van der Waals surface area contributed by atoms with Crippen LogP contribution in [-0.2, 0) is 16.0 Å². The summed E-state index contributed by atoms with van der Waals surface area (Å²) in [5.74, 6) is -0.385. The first-order valence-corrected chi connectivity index (χ1v) is 9.79. The van der Waals surface area contributed by atoms with Crippen molar-refractivity contribution < 1.29 is 28.9 Å². The third-order valence-electron chi connectivity index (χ3n) is 7.24. The van der Waals surface area contributed by atoms with Gasteiger partial charge in [0.2, 0.25) is 0 Å². The molecule has 1 saturated heterocycles. The summed E-state index contributed by atoms with van der Waals surface area (Å²) >= 11 is 0. The average molecular weight is 392 g/mol. The molecule has 0 aromatic carbocycles. The van der Waals surface area contributed by atoms with Crippen LogP contribution in [0.2, 0.25) is 0 Å². The minimum absolute atomic E-state index is 0.162. The summed E-state index contributed by atoms with van der Waals surface area (Å²) in [5.41, 5.74) is -2.69. The third-order valence-corrected chi connectivity index (χ3v) is 7.24. The van der Waals surface area contributed by atoms with Gasteiger partial charge >= 0.3 is 11.6 Å². The molecule has 2 aliphatic heterocycles. The second kappa shape index (κ2) is 5.83. The molecule has 2 N–H and O–H groups in total. The second-order valence-corrected chi connectivity index (χ2v) is 9.57. The van der Waals surface area contributed by atoms with Crippen molar-refractivity contribution >= 4 is 5.97 Å². The number of aliphatic hydroxyl groups excluding tert-OH is 2. The summed E-state index contributed by atoms with van der Waals surface area (Å²) in [6.07, 6.45) is -1.39. The third kappa shape index (κ3) is 2.55. The maximum atomic E-state index is 12.5. The molecule has 0 spiro atoms. The molecule has 2 fully saturated rings. The maximum Gasteiger partial charge on any atom is 0.342 e. The lowest BCUT2D eigenvalue weighted by Crippen LogP contribution is -2.68. The lowest BCUT2D eigenvalue weighted by molar-refractivity contribution is -0.230. The zero-order chi connectivity index (χ0) is 20.6. The number of ether oxygens (including phenoxy) is 2. The number of cyclic esters (lactones) is 1. The Labute approximate surface area is 163 Å². The van der Waals surface area contributed by atoms with E-state index in [1.54, 1.807) is 26.8 Å². The molecule has 6 atom stereocenters. The lowest BCUT2D eigenvalue weighted by atomic mass is 9.48. The number of hydrogen-bond acceptors (Lipinski definition) is 7. The van der Waals surface area contributed by atoms with Crippen LogP contribution < -0.4 is 10.4 Å².